The molecule has 0 unspecified atom stereocenters. The molecular weight excluding hydrogens is 384 g/mol. The molecule has 0 fully saturated rings. The van der Waals surface area contributed by atoms with Crippen LogP contribution in [0.5, 0.6) is 5.75 Å². The standard InChI is InChI=1S/C23H30N2O3S/c1-22(2,3)14-10-12-15(13-11-14)28-23(4,5)21(27)25-20-18(19(24)26)16-8-6-7-9-17(16)29-20/h10-13H,6-9H2,1-5H3,(H2,24,26)(H,25,27). The van der Waals surface area contributed by atoms with Crippen molar-refractivity contribution in [3.63, 3.8) is 0 Å². The van der Waals surface area contributed by atoms with Crippen molar-refractivity contribution in [3.05, 3.63) is 45.8 Å². The van der Waals surface area contributed by atoms with Crippen LogP contribution in [0.4, 0.5) is 5.00 Å². The summed E-state index contributed by atoms with van der Waals surface area (Å²) in [6.45, 7) is 9.89. The molecule has 3 rings (SSSR count). The topological polar surface area (TPSA) is 81.4 Å². The van der Waals surface area contributed by atoms with E-state index < -0.39 is 11.5 Å². The monoisotopic (exact) mass is 414 g/mol. The lowest BCUT2D eigenvalue weighted by Crippen LogP contribution is -2.42. The molecule has 0 radical (unpaired) electrons. The lowest BCUT2D eigenvalue weighted by molar-refractivity contribution is -0.128. The summed E-state index contributed by atoms with van der Waals surface area (Å²) in [6, 6.07) is 7.80. The molecule has 1 aliphatic rings. The van der Waals surface area contributed by atoms with E-state index in [1.165, 1.54) is 16.9 Å². The third kappa shape index (κ3) is 4.64. The van der Waals surface area contributed by atoms with Gasteiger partial charge in [-0.05, 0) is 68.2 Å². The molecule has 0 atom stereocenters. The summed E-state index contributed by atoms with van der Waals surface area (Å²) in [4.78, 5) is 26.2. The van der Waals surface area contributed by atoms with Gasteiger partial charge in [0.2, 0.25) is 0 Å². The van der Waals surface area contributed by atoms with Gasteiger partial charge in [-0.15, -0.1) is 11.3 Å². The molecule has 0 saturated heterocycles. The van der Waals surface area contributed by atoms with Gasteiger partial charge in [0.05, 0.1) is 5.56 Å². The molecule has 0 saturated carbocycles. The van der Waals surface area contributed by atoms with Crippen LogP contribution in [0, 0.1) is 0 Å². The first-order valence-corrected chi connectivity index (χ1v) is 10.9. The van der Waals surface area contributed by atoms with E-state index in [1.807, 2.05) is 24.3 Å². The second kappa shape index (κ2) is 7.82. The minimum absolute atomic E-state index is 0.0505. The Balaban J connectivity index is 1.78. The van der Waals surface area contributed by atoms with Gasteiger partial charge in [-0.3, -0.25) is 9.59 Å². The van der Waals surface area contributed by atoms with Gasteiger partial charge >= 0.3 is 0 Å². The highest BCUT2D eigenvalue weighted by Gasteiger charge is 2.33. The number of hydrogen-bond donors (Lipinski definition) is 2. The van der Waals surface area contributed by atoms with Crippen molar-refractivity contribution < 1.29 is 14.3 Å². The number of hydrogen-bond acceptors (Lipinski definition) is 4. The van der Waals surface area contributed by atoms with E-state index in [1.54, 1.807) is 13.8 Å². The van der Waals surface area contributed by atoms with Crippen LogP contribution in [0.15, 0.2) is 24.3 Å². The molecule has 29 heavy (non-hydrogen) atoms. The first-order chi connectivity index (χ1) is 13.5. The molecule has 156 valence electrons. The zero-order valence-corrected chi connectivity index (χ0v) is 18.7. The first kappa shape index (κ1) is 21.4. The highest BCUT2D eigenvalue weighted by molar-refractivity contribution is 7.17. The minimum Gasteiger partial charge on any atom is -0.478 e. The molecule has 0 spiro atoms. The Hall–Kier alpha value is -2.34. The predicted molar refractivity (Wildman–Crippen MR) is 118 cm³/mol. The van der Waals surface area contributed by atoms with E-state index in [9.17, 15) is 9.59 Å². The van der Waals surface area contributed by atoms with Crippen LogP contribution < -0.4 is 15.8 Å². The van der Waals surface area contributed by atoms with Crippen molar-refractivity contribution in [1.82, 2.24) is 0 Å². The first-order valence-electron chi connectivity index (χ1n) is 10.0. The maximum Gasteiger partial charge on any atom is 0.268 e. The third-order valence-electron chi connectivity index (χ3n) is 5.28. The Morgan fingerprint density at radius 3 is 2.24 bits per heavy atom. The number of ether oxygens (including phenoxy) is 1. The Labute approximate surface area is 176 Å². The maximum absolute atomic E-state index is 13.0. The normalized spacial score (nSPS) is 14.2. The van der Waals surface area contributed by atoms with Gasteiger partial charge in [0, 0.05) is 4.88 Å². The molecule has 0 bridgehead atoms. The molecule has 5 nitrogen and oxygen atoms in total. The number of fused-ring (bicyclic) bond motifs is 1. The van der Waals surface area contributed by atoms with Crippen molar-refractivity contribution in [2.75, 3.05) is 5.32 Å². The average Bonchev–Trinajstić information content (AvgIpc) is 2.99. The summed E-state index contributed by atoms with van der Waals surface area (Å²) >= 11 is 1.46. The van der Waals surface area contributed by atoms with Gasteiger partial charge in [-0.2, -0.15) is 0 Å². The van der Waals surface area contributed by atoms with E-state index in [-0.39, 0.29) is 11.3 Å². The lowest BCUT2D eigenvalue weighted by Gasteiger charge is -2.26. The van der Waals surface area contributed by atoms with Crippen LogP contribution in [-0.4, -0.2) is 17.4 Å². The van der Waals surface area contributed by atoms with Gasteiger partial charge in [0.25, 0.3) is 11.8 Å². The van der Waals surface area contributed by atoms with Gasteiger partial charge in [-0.25, -0.2) is 0 Å². The molecule has 3 N–H and O–H groups in total. The lowest BCUT2D eigenvalue weighted by atomic mass is 9.87. The number of aryl methyl sites for hydroxylation is 1. The molecule has 2 aromatic rings. The van der Waals surface area contributed by atoms with Crippen molar-refractivity contribution in [1.29, 1.82) is 0 Å². The number of thiophene rings is 1. The zero-order chi connectivity index (χ0) is 21.4. The molecule has 0 aliphatic heterocycles. The number of rotatable bonds is 5. The smallest absolute Gasteiger partial charge is 0.268 e. The van der Waals surface area contributed by atoms with Crippen LogP contribution >= 0.6 is 11.3 Å². The van der Waals surface area contributed by atoms with E-state index in [0.29, 0.717) is 16.3 Å². The molecule has 2 amide bonds. The zero-order valence-electron chi connectivity index (χ0n) is 17.8. The second-order valence-electron chi connectivity index (χ2n) is 9.12. The molecular formula is C23H30N2O3S. The van der Waals surface area contributed by atoms with Gasteiger partial charge in [0.1, 0.15) is 10.8 Å². The van der Waals surface area contributed by atoms with E-state index >= 15 is 0 Å². The number of amides is 2. The van der Waals surface area contributed by atoms with Crippen LogP contribution in [0.3, 0.4) is 0 Å². The van der Waals surface area contributed by atoms with Crippen molar-refractivity contribution in [2.45, 2.75) is 71.3 Å². The number of primary amides is 1. The average molecular weight is 415 g/mol. The number of anilines is 1. The molecule has 1 aromatic carbocycles. The maximum atomic E-state index is 13.0. The number of benzene rings is 1. The quantitative estimate of drug-likeness (QED) is 0.736. The Bertz CT molecular complexity index is 921. The van der Waals surface area contributed by atoms with Gasteiger partial charge < -0.3 is 15.8 Å². The Kier molecular flexibility index (Phi) is 5.77. The third-order valence-corrected chi connectivity index (χ3v) is 6.49. The molecule has 6 heteroatoms. The van der Waals surface area contributed by atoms with E-state index in [4.69, 9.17) is 10.5 Å². The van der Waals surface area contributed by atoms with Crippen LogP contribution in [0.1, 0.15) is 73.8 Å². The minimum atomic E-state index is -1.11. The number of carbonyl (C=O) groups is 2. The molecule has 1 heterocycles. The largest absolute Gasteiger partial charge is 0.478 e. The SMILES string of the molecule is CC(C)(Oc1ccc(C(C)(C)C)cc1)C(=O)Nc1sc2c(c1C(N)=O)CCCC2. The predicted octanol–water partition coefficient (Wildman–Crippen LogP) is 4.82. The summed E-state index contributed by atoms with van der Waals surface area (Å²) in [6.07, 6.45) is 3.89. The number of nitrogens with two attached hydrogens (primary N) is 1. The van der Waals surface area contributed by atoms with Crippen LogP contribution in [-0.2, 0) is 23.1 Å². The fourth-order valence-electron chi connectivity index (χ4n) is 3.53. The highest BCUT2D eigenvalue weighted by atomic mass is 32.1. The van der Waals surface area contributed by atoms with Crippen molar-refractivity contribution in [2.24, 2.45) is 5.73 Å². The Morgan fingerprint density at radius 2 is 1.66 bits per heavy atom. The number of carbonyl (C=O) groups excluding carboxylic acids is 2. The van der Waals surface area contributed by atoms with Gasteiger partial charge in [0.15, 0.2) is 5.60 Å². The van der Waals surface area contributed by atoms with Crippen LogP contribution in [0.25, 0.3) is 0 Å². The summed E-state index contributed by atoms with van der Waals surface area (Å²) in [5, 5.41) is 3.44. The second-order valence-corrected chi connectivity index (χ2v) is 10.2. The molecule has 1 aromatic heterocycles. The van der Waals surface area contributed by atoms with Crippen LogP contribution in [0.2, 0.25) is 0 Å². The van der Waals surface area contributed by atoms with E-state index in [0.717, 1.165) is 36.1 Å². The summed E-state index contributed by atoms with van der Waals surface area (Å²) < 4.78 is 5.98. The highest BCUT2D eigenvalue weighted by Crippen LogP contribution is 2.38. The Morgan fingerprint density at radius 1 is 1.03 bits per heavy atom. The number of nitrogens with one attached hydrogen (secondary N) is 1. The fourth-order valence-corrected chi connectivity index (χ4v) is 4.82. The summed E-state index contributed by atoms with van der Waals surface area (Å²) in [5.41, 5.74) is 7.23. The van der Waals surface area contributed by atoms with E-state index in [2.05, 4.69) is 26.1 Å². The van der Waals surface area contributed by atoms with Gasteiger partial charge in [-0.1, -0.05) is 32.9 Å². The van der Waals surface area contributed by atoms with Crippen molar-refractivity contribution >= 4 is 28.2 Å². The summed E-state index contributed by atoms with van der Waals surface area (Å²) in [7, 11) is 0. The molecule has 1 aliphatic carbocycles. The summed E-state index contributed by atoms with van der Waals surface area (Å²) in [5.74, 6) is -0.173. The van der Waals surface area contributed by atoms with Crippen molar-refractivity contribution in [3.8, 4) is 5.75 Å². The fraction of sp³-hybridized carbons (Fsp3) is 0.478.